The van der Waals surface area contributed by atoms with Crippen LogP contribution in [0.15, 0.2) is 84.9 Å². The molecule has 7 heteroatoms. The maximum Gasteiger partial charge on any atom is 0.254 e. The number of aryl methyl sites for hydroxylation is 1. The number of hydrogen-bond acceptors (Lipinski definition) is 3. The molecule has 1 N–H and O–H groups in total. The lowest BCUT2D eigenvalue weighted by Crippen LogP contribution is -2.38. The van der Waals surface area contributed by atoms with Crippen molar-refractivity contribution >= 4 is 17.6 Å². The highest BCUT2D eigenvalue weighted by Gasteiger charge is 2.20. The second kappa shape index (κ2) is 10.8. The Labute approximate surface area is 204 Å². The number of halogens is 1. The minimum atomic E-state index is -0.361. The highest BCUT2D eigenvalue weighted by Crippen LogP contribution is 2.25. The van der Waals surface area contributed by atoms with Crippen molar-refractivity contribution in [3.63, 3.8) is 0 Å². The average Bonchev–Trinajstić information content (AvgIpc) is 3.28. The maximum absolute atomic E-state index is 13.5. The van der Waals surface area contributed by atoms with Gasteiger partial charge < -0.3 is 10.2 Å². The molecule has 6 nitrogen and oxygen atoms in total. The van der Waals surface area contributed by atoms with Crippen molar-refractivity contribution < 1.29 is 14.0 Å². The summed E-state index contributed by atoms with van der Waals surface area (Å²) < 4.78 is 15.1. The number of aromatic nitrogens is 2. The van der Waals surface area contributed by atoms with Crippen molar-refractivity contribution in [1.82, 2.24) is 14.7 Å². The van der Waals surface area contributed by atoms with E-state index in [4.69, 9.17) is 0 Å². The fourth-order valence-electron chi connectivity index (χ4n) is 3.76. The van der Waals surface area contributed by atoms with Crippen molar-refractivity contribution in [1.29, 1.82) is 0 Å². The number of carbonyl (C=O) groups is 2. The number of carbonyl (C=O) groups excluding carboxylic acids is 2. The van der Waals surface area contributed by atoms with E-state index in [1.54, 1.807) is 35.0 Å². The predicted octanol–water partition coefficient (Wildman–Crippen LogP) is 5.48. The zero-order valence-corrected chi connectivity index (χ0v) is 19.7. The third-order valence-electron chi connectivity index (χ3n) is 5.53. The summed E-state index contributed by atoms with van der Waals surface area (Å²) in [5, 5.41) is 7.53. The van der Waals surface area contributed by atoms with Crippen LogP contribution < -0.4 is 5.32 Å². The van der Waals surface area contributed by atoms with Crippen molar-refractivity contribution in [2.45, 2.75) is 20.3 Å². The van der Waals surface area contributed by atoms with E-state index >= 15 is 0 Å². The van der Waals surface area contributed by atoms with Crippen molar-refractivity contribution in [2.75, 3.05) is 18.4 Å². The van der Waals surface area contributed by atoms with Gasteiger partial charge in [-0.25, -0.2) is 9.07 Å². The van der Waals surface area contributed by atoms with Crippen LogP contribution in [0.4, 0.5) is 10.2 Å². The molecule has 4 rings (SSSR count). The van der Waals surface area contributed by atoms with Gasteiger partial charge in [0.15, 0.2) is 0 Å². The Kier molecular flexibility index (Phi) is 7.35. The van der Waals surface area contributed by atoms with Gasteiger partial charge in [-0.05, 0) is 49.7 Å². The molecular formula is C28H27FN4O2. The number of rotatable bonds is 8. The molecule has 4 aromatic rings. The van der Waals surface area contributed by atoms with Crippen LogP contribution in [-0.4, -0.2) is 39.6 Å². The Morgan fingerprint density at radius 2 is 1.66 bits per heavy atom. The summed E-state index contributed by atoms with van der Waals surface area (Å²) in [6.45, 7) is 4.27. The van der Waals surface area contributed by atoms with Crippen LogP contribution in [0.1, 0.15) is 29.3 Å². The summed E-state index contributed by atoms with van der Waals surface area (Å²) in [5.74, 6) is -0.472. The maximum atomic E-state index is 13.5. The monoisotopic (exact) mass is 470 g/mol. The number of nitrogens with zero attached hydrogens (tertiary/aromatic N) is 3. The van der Waals surface area contributed by atoms with Gasteiger partial charge in [0.1, 0.15) is 18.2 Å². The predicted molar refractivity (Wildman–Crippen MR) is 135 cm³/mol. The van der Waals surface area contributed by atoms with Crippen molar-refractivity contribution in [2.24, 2.45) is 0 Å². The fourth-order valence-corrected chi connectivity index (χ4v) is 3.76. The van der Waals surface area contributed by atoms with E-state index in [1.807, 2.05) is 56.3 Å². The van der Waals surface area contributed by atoms with Crippen LogP contribution in [0.5, 0.6) is 0 Å². The van der Waals surface area contributed by atoms with Crippen LogP contribution in [0.25, 0.3) is 16.9 Å². The summed E-state index contributed by atoms with van der Waals surface area (Å²) in [5.41, 5.74) is 3.74. The SMILES string of the molecule is CCCN(CC(=O)Nc1cc(-c2ccccc2)nn1-c1ccc(F)cc1)C(=O)c1ccc(C)cc1. The van der Waals surface area contributed by atoms with E-state index in [1.165, 1.54) is 17.0 Å². The molecule has 0 aliphatic carbocycles. The molecule has 1 aromatic heterocycles. The number of benzene rings is 3. The number of hydrogen-bond donors (Lipinski definition) is 1. The average molecular weight is 471 g/mol. The van der Waals surface area contributed by atoms with Gasteiger partial charge in [0.2, 0.25) is 5.91 Å². The molecule has 2 amide bonds. The topological polar surface area (TPSA) is 67.2 Å². The molecule has 0 saturated heterocycles. The molecule has 0 spiro atoms. The molecule has 0 atom stereocenters. The molecule has 0 fully saturated rings. The molecule has 0 unspecified atom stereocenters. The number of nitrogens with one attached hydrogen (secondary N) is 1. The molecule has 178 valence electrons. The Balaban J connectivity index is 1.59. The van der Waals surface area contributed by atoms with Crippen LogP contribution in [0.3, 0.4) is 0 Å². The molecule has 0 saturated carbocycles. The van der Waals surface area contributed by atoms with Crippen LogP contribution in [-0.2, 0) is 4.79 Å². The zero-order chi connectivity index (χ0) is 24.8. The molecule has 3 aromatic carbocycles. The van der Waals surface area contributed by atoms with Crippen molar-refractivity contribution in [3.05, 3.63) is 102 Å². The van der Waals surface area contributed by atoms with Crippen LogP contribution >= 0.6 is 0 Å². The van der Waals surface area contributed by atoms with E-state index < -0.39 is 0 Å². The van der Waals surface area contributed by atoms with E-state index in [0.717, 1.165) is 17.5 Å². The summed E-state index contributed by atoms with van der Waals surface area (Å²) in [6, 6.07) is 24.5. The van der Waals surface area contributed by atoms with Crippen LogP contribution in [0.2, 0.25) is 0 Å². The summed E-state index contributed by atoms with van der Waals surface area (Å²) >= 11 is 0. The first-order valence-electron chi connectivity index (χ1n) is 11.5. The van der Waals surface area contributed by atoms with E-state index in [2.05, 4.69) is 10.4 Å². The lowest BCUT2D eigenvalue weighted by atomic mass is 10.1. The van der Waals surface area contributed by atoms with Gasteiger partial charge in [-0.15, -0.1) is 0 Å². The summed E-state index contributed by atoms with van der Waals surface area (Å²) in [4.78, 5) is 27.6. The number of amides is 2. The Hall–Kier alpha value is -4.26. The van der Waals surface area contributed by atoms with Crippen LogP contribution in [0, 0.1) is 12.7 Å². The second-order valence-electron chi connectivity index (χ2n) is 8.31. The Morgan fingerprint density at radius 1 is 0.971 bits per heavy atom. The Bertz CT molecular complexity index is 1300. The molecule has 0 aliphatic rings. The van der Waals surface area contributed by atoms with Gasteiger partial charge in [0.05, 0.1) is 11.4 Å². The molecule has 35 heavy (non-hydrogen) atoms. The van der Waals surface area contributed by atoms with Crippen molar-refractivity contribution in [3.8, 4) is 16.9 Å². The smallest absolute Gasteiger partial charge is 0.254 e. The minimum absolute atomic E-state index is 0.101. The summed E-state index contributed by atoms with van der Waals surface area (Å²) in [6.07, 6.45) is 0.719. The molecule has 0 bridgehead atoms. The third kappa shape index (κ3) is 5.81. The van der Waals surface area contributed by atoms with E-state index in [0.29, 0.717) is 29.3 Å². The standard InChI is InChI=1S/C28H27FN4O2/c1-3-17-32(28(35)22-11-9-20(2)10-12-22)19-27(34)30-26-18-25(21-7-5-4-6-8-21)31-33(26)24-15-13-23(29)14-16-24/h4-16,18H,3,17,19H2,1-2H3,(H,30,34). The lowest BCUT2D eigenvalue weighted by Gasteiger charge is -2.22. The second-order valence-corrected chi connectivity index (χ2v) is 8.31. The normalized spacial score (nSPS) is 10.7. The zero-order valence-electron chi connectivity index (χ0n) is 19.7. The third-order valence-corrected chi connectivity index (χ3v) is 5.53. The fraction of sp³-hybridized carbons (Fsp3) is 0.179. The highest BCUT2D eigenvalue weighted by molar-refractivity contribution is 5.99. The quantitative estimate of drug-likeness (QED) is 0.371. The van der Waals surface area contributed by atoms with Gasteiger partial charge in [0.25, 0.3) is 5.91 Å². The van der Waals surface area contributed by atoms with E-state index in [9.17, 15) is 14.0 Å². The first-order valence-corrected chi connectivity index (χ1v) is 11.5. The first kappa shape index (κ1) is 23.9. The Morgan fingerprint density at radius 3 is 2.31 bits per heavy atom. The van der Waals surface area contributed by atoms with Gasteiger partial charge in [-0.3, -0.25) is 9.59 Å². The molecule has 0 radical (unpaired) electrons. The number of anilines is 1. The van der Waals surface area contributed by atoms with Gasteiger partial charge in [0, 0.05) is 23.7 Å². The largest absolute Gasteiger partial charge is 0.329 e. The van der Waals surface area contributed by atoms with E-state index in [-0.39, 0.29) is 24.2 Å². The highest BCUT2D eigenvalue weighted by atomic mass is 19.1. The van der Waals surface area contributed by atoms with Gasteiger partial charge in [-0.1, -0.05) is 55.0 Å². The molecular weight excluding hydrogens is 443 g/mol. The first-order chi connectivity index (χ1) is 16.9. The molecule has 0 aliphatic heterocycles. The summed E-state index contributed by atoms with van der Waals surface area (Å²) in [7, 11) is 0. The minimum Gasteiger partial charge on any atom is -0.329 e. The van der Waals surface area contributed by atoms with Gasteiger partial charge in [-0.2, -0.15) is 5.10 Å². The lowest BCUT2D eigenvalue weighted by molar-refractivity contribution is -0.116. The van der Waals surface area contributed by atoms with Gasteiger partial charge >= 0.3 is 0 Å². The molecule has 1 heterocycles.